The van der Waals surface area contributed by atoms with E-state index in [1.165, 1.54) is 0 Å². The SMILES string of the molecule is CCOC(=O)C1=C(C)NC2=C(C(=O)C[C@H](c3ccc(OC)cc3)C2)[C@@H]1c1cccs1. The van der Waals surface area contributed by atoms with Crippen LogP contribution in [0.3, 0.4) is 0 Å². The van der Waals surface area contributed by atoms with Gasteiger partial charge in [0, 0.05) is 28.3 Å². The largest absolute Gasteiger partial charge is 0.497 e. The molecular formula is C24H25NO4S. The van der Waals surface area contributed by atoms with Crippen LogP contribution in [0.1, 0.15) is 49.0 Å². The first kappa shape index (κ1) is 20.4. The second kappa shape index (κ2) is 8.48. The molecule has 0 saturated heterocycles. The summed E-state index contributed by atoms with van der Waals surface area (Å²) in [6.45, 7) is 3.98. The molecule has 0 saturated carbocycles. The predicted molar refractivity (Wildman–Crippen MR) is 117 cm³/mol. The lowest BCUT2D eigenvalue weighted by atomic mass is 9.73. The smallest absolute Gasteiger partial charge is 0.336 e. The molecule has 1 N–H and O–H groups in total. The zero-order valence-electron chi connectivity index (χ0n) is 17.4. The zero-order chi connectivity index (χ0) is 21.3. The lowest BCUT2D eigenvalue weighted by molar-refractivity contribution is -0.138. The molecule has 2 aromatic rings. The van der Waals surface area contributed by atoms with Gasteiger partial charge >= 0.3 is 5.97 Å². The van der Waals surface area contributed by atoms with Crippen molar-refractivity contribution >= 4 is 23.1 Å². The summed E-state index contributed by atoms with van der Waals surface area (Å²) in [5.41, 5.74) is 4.03. The van der Waals surface area contributed by atoms with Gasteiger partial charge in [0.1, 0.15) is 5.75 Å². The van der Waals surface area contributed by atoms with Gasteiger partial charge in [-0.15, -0.1) is 11.3 Å². The number of thiophene rings is 1. The number of ether oxygens (including phenoxy) is 2. The van der Waals surface area contributed by atoms with E-state index in [2.05, 4.69) is 5.32 Å². The summed E-state index contributed by atoms with van der Waals surface area (Å²) in [6.07, 6.45) is 1.15. The van der Waals surface area contributed by atoms with Gasteiger partial charge in [-0.25, -0.2) is 4.79 Å². The third-order valence-electron chi connectivity index (χ3n) is 5.74. The highest BCUT2D eigenvalue weighted by atomic mass is 32.1. The van der Waals surface area contributed by atoms with Crippen LogP contribution in [-0.2, 0) is 14.3 Å². The molecule has 2 heterocycles. The Kier molecular flexibility index (Phi) is 5.77. The number of nitrogens with one attached hydrogen (secondary N) is 1. The zero-order valence-corrected chi connectivity index (χ0v) is 18.2. The number of carbonyl (C=O) groups excluding carboxylic acids is 2. The van der Waals surface area contributed by atoms with E-state index in [0.29, 0.717) is 24.2 Å². The summed E-state index contributed by atoms with van der Waals surface area (Å²) in [6, 6.07) is 11.8. The van der Waals surface area contributed by atoms with Crippen LogP contribution in [0.15, 0.2) is 64.3 Å². The molecule has 0 bridgehead atoms. The van der Waals surface area contributed by atoms with Crippen LogP contribution in [0.4, 0.5) is 0 Å². The molecule has 6 heteroatoms. The number of hydrogen-bond donors (Lipinski definition) is 1. The van der Waals surface area contributed by atoms with Crippen LogP contribution in [0.5, 0.6) is 5.75 Å². The lowest BCUT2D eigenvalue weighted by Crippen LogP contribution is -2.35. The maximum absolute atomic E-state index is 13.4. The number of allylic oxidation sites excluding steroid dienone is 3. The van der Waals surface area contributed by atoms with Crippen molar-refractivity contribution in [1.82, 2.24) is 5.32 Å². The van der Waals surface area contributed by atoms with Gasteiger partial charge < -0.3 is 14.8 Å². The van der Waals surface area contributed by atoms with Crippen LogP contribution >= 0.6 is 11.3 Å². The molecule has 30 heavy (non-hydrogen) atoms. The minimum Gasteiger partial charge on any atom is -0.497 e. The van der Waals surface area contributed by atoms with Crippen molar-refractivity contribution in [2.75, 3.05) is 13.7 Å². The molecule has 0 spiro atoms. The predicted octanol–water partition coefficient (Wildman–Crippen LogP) is 4.68. The Morgan fingerprint density at radius 1 is 1.20 bits per heavy atom. The molecule has 0 fully saturated rings. The third kappa shape index (κ3) is 3.67. The van der Waals surface area contributed by atoms with Gasteiger partial charge in [-0.2, -0.15) is 0 Å². The summed E-state index contributed by atoms with van der Waals surface area (Å²) in [5.74, 6) is 0.238. The van der Waals surface area contributed by atoms with Crippen molar-refractivity contribution in [3.8, 4) is 5.75 Å². The summed E-state index contributed by atoms with van der Waals surface area (Å²) in [5, 5.41) is 5.35. The molecule has 156 valence electrons. The highest BCUT2D eigenvalue weighted by molar-refractivity contribution is 7.10. The second-order valence-corrected chi connectivity index (χ2v) is 8.51. The van der Waals surface area contributed by atoms with Crippen LogP contribution in [0.25, 0.3) is 0 Å². The average molecular weight is 424 g/mol. The van der Waals surface area contributed by atoms with Gasteiger partial charge in [0.25, 0.3) is 0 Å². The Bertz CT molecular complexity index is 1020. The number of Topliss-reactive ketones (excluding diaryl/α,β-unsaturated/α-hetero) is 1. The normalized spacial score (nSPS) is 21.2. The van der Waals surface area contributed by atoms with Gasteiger partial charge in [-0.05, 0) is 55.3 Å². The minimum atomic E-state index is -0.371. The molecule has 0 amide bonds. The van der Waals surface area contributed by atoms with Crippen LogP contribution in [0, 0.1) is 0 Å². The Labute approximate surface area is 180 Å². The topological polar surface area (TPSA) is 64.6 Å². The fraction of sp³-hybridized carbons (Fsp3) is 0.333. The first-order valence-corrected chi connectivity index (χ1v) is 11.0. The van der Waals surface area contributed by atoms with E-state index in [1.54, 1.807) is 25.4 Å². The molecule has 0 radical (unpaired) electrons. The van der Waals surface area contributed by atoms with Crippen molar-refractivity contribution < 1.29 is 19.1 Å². The number of benzene rings is 1. The quantitative estimate of drug-likeness (QED) is 0.708. The Morgan fingerprint density at radius 3 is 2.60 bits per heavy atom. The van der Waals surface area contributed by atoms with E-state index in [-0.39, 0.29) is 23.6 Å². The number of rotatable bonds is 5. The fourth-order valence-corrected chi connectivity index (χ4v) is 5.21. The van der Waals surface area contributed by atoms with Crippen LogP contribution < -0.4 is 10.1 Å². The first-order valence-electron chi connectivity index (χ1n) is 10.1. The lowest BCUT2D eigenvalue weighted by Gasteiger charge is -2.36. The van der Waals surface area contributed by atoms with E-state index >= 15 is 0 Å². The second-order valence-electron chi connectivity index (χ2n) is 7.53. The molecule has 0 unspecified atom stereocenters. The minimum absolute atomic E-state index is 0.0808. The summed E-state index contributed by atoms with van der Waals surface area (Å²) >= 11 is 1.56. The van der Waals surface area contributed by atoms with Crippen molar-refractivity contribution in [3.63, 3.8) is 0 Å². The van der Waals surface area contributed by atoms with Gasteiger partial charge in [0.15, 0.2) is 5.78 Å². The Balaban J connectivity index is 1.73. The van der Waals surface area contributed by atoms with Crippen molar-refractivity contribution in [2.45, 2.75) is 38.5 Å². The Morgan fingerprint density at radius 2 is 1.97 bits per heavy atom. The van der Waals surface area contributed by atoms with Crippen molar-refractivity contribution in [3.05, 3.63) is 74.8 Å². The number of hydrogen-bond acceptors (Lipinski definition) is 6. The molecule has 2 aliphatic rings. The molecule has 1 aromatic heterocycles. The summed E-state index contributed by atoms with van der Waals surface area (Å²) < 4.78 is 10.6. The van der Waals surface area contributed by atoms with E-state index in [4.69, 9.17) is 9.47 Å². The third-order valence-corrected chi connectivity index (χ3v) is 6.68. The fourth-order valence-electron chi connectivity index (χ4n) is 4.37. The number of carbonyl (C=O) groups is 2. The first-order chi connectivity index (χ1) is 14.5. The number of methoxy groups -OCH3 is 1. The highest BCUT2D eigenvalue weighted by Gasteiger charge is 2.41. The maximum atomic E-state index is 13.4. The molecule has 1 aliphatic heterocycles. The van der Waals surface area contributed by atoms with E-state index in [9.17, 15) is 9.59 Å². The Hall–Kier alpha value is -2.86. The molecule has 1 aliphatic carbocycles. The van der Waals surface area contributed by atoms with E-state index < -0.39 is 0 Å². The number of esters is 1. The highest BCUT2D eigenvalue weighted by Crippen LogP contribution is 2.46. The number of ketones is 1. The van der Waals surface area contributed by atoms with Gasteiger partial charge in [0.05, 0.1) is 25.2 Å². The van der Waals surface area contributed by atoms with Gasteiger partial charge in [-0.1, -0.05) is 18.2 Å². The molecule has 5 nitrogen and oxygen atoms in total. The maximum Gasteiger partial charge on any atom is 0.336 e. The summed E-state index contributed by atoms with van der Waals surface area (Å²) in [7, 11) is 1.64. The summed E-state index contributed by atoms with van der Waals surface area (Å²) in [4.78, 5) is 27.1. The standard InChI is InChI=1S/C24H25NO4S/c1-4-29-24(27)21-14(2)25-18-12-16(15-7-9-17(28-3)10-8-15)13-19(26)22(18)23(21)20-6-5-11-30-20/h5-11,16,23,25H,4,12-13H2,1-3H3/t16-,23-/m1/s1. The van der Waals surface area contributed by atoms with Crippen molar-refractivity contribution in [1.29, 1.82) is 0 Å². The van der Waals surface area contributed by atoms with Gasteiger partial charge in [-0.3, -0.25) is 4.79 Å². The van der Waals surface area contributed by atoms with Crippen molar-refractivity contribution in [2.24, 2.45) is 0 Å². The van der Waals surface area contributed by atoms with Crippen LogP contribution in [-0.4, -0.2) is 25.5 Å². The van der Waals surface area contributed by atoms with E-state index in [0.717, 1.165) is 34.0 Å². The van der Waals surface area contributed by atoms with Gasteiger partial charge in [0.2, 0.25) is 0 Å². The molecular weight excluding hydrogens is 398 g/mol. The molecule has 1 aromatic carbocycles. The molecule has 2 atom stereocenters. The van der Waals surface area contributed by atoms with Crippen LogP contribution in [0.2, 0.25) is 0 Å². The average Bonchev–Trinajstić information content (AvgIpc) is 3.27. The number of dihydropyridines is 1. The van der Waals surface area contributed by atoms with E-state index in [1.807, 2.05) is 48.7 Å². The monoisotopic (exact) mass is 423 g/mol. The molecule has 4 rings (SSSR count).